The highest BCUT2D eigenvalue weighted by Gasteiger charge is 2.71. The van der Waals surface area contributed by atoms with Gasteiger partial charge in [-0.05, 0) is 48.1 Å². The molecule has 8 heteroatoms. The maximum Gasteiger partial charge on any atom is 0.430 e. The van der Waals surface area contributed by atoms with Gasteiger partial charge in [0.25, 0.3) is 5.60 Å². The summed E-state index contributed by atoms with van der Waals surface area (Å²) in [7, 11) is 0. The van der Waals surface area contributed by atoms with Crippen molar-refractivity contribution in [3.05, 3.63) is 71.4 Å². The standard InChI is InChI=1S/C20H17F6NO/c1-13-4-2-3-5-14(13)8-10-27-11-9-15-12-16(6-7-17(15)27)18(28,19(21,22)23)20(24,25)26/h2-7,9,11-12,28H,8,10H2,1H3. The molecular weight excluding hydrogens is 384 g/mol. The van der Waals surface area contributed by atoms with Crippen molar-refractivity contribution in [3.63, 3.8) is 0 Å². The molecule has 0 aliphatic carbocycles. The molecule has 0 aliphatic rings. The number of hydrogen-bond donors (Lipinski definition) is 1. The second-order valence-electron chi connectivity index (χ2n) is 6.67. The molecule has 0 spiro atoms. The molecule has 0 saturated heterocycles. The number of aromatic nitrogens is 1. The first-order valence-electron chi connectivity index (χ1n) is 8.45. The van der Waals surface area contributed by atoms with Crippen molar-refractivity contribution in [2.24, 2.45) is 0 Å². The van der Waals surface area contributed by atoms with E-state index in [4.69, 9.17) is 0 Å². The molecule has 0 aliphatic heterocycles. The quantitative estimate of drug-likeness (QED) is 0.574. The molecular formula is C20H17F6NO. The average Bonchev–Trinajstić information content (AvgIpc) is 3.00. The molecule has 3 rings (SSSR count). The van der Waals surface area contributed by atoms with Gasteiger partial charge in [-0.3, -0.25) is 0 Å². The number of fused-ring (bicyclic) bond motifs is 1. The molecule has 1 heterocycles. The van der Waals surface area contributed by atoms with E-state index in [1.54, 1.807) is 10.8 Å². The molecule has 0 saturated carbocycles. The van der Waals surface area contributed by atoms with E-state index in [-0.39, 0.29) is 5.39 Å². The van der Waals surface area contributed by atoms with Gasteiger partial charge in [0.15, 0.2) is 0 Å². The van der Waals surface area contributed by atoms with E-state index in [2.05, 4.69) is 0 Å². The third-order valence-electron chi connectivity index (χ3n) is 4.89. The van der Waals surface area contributed by atoms with Crippen LogP contribution in [0.15, 0.2) is 54.7 Å². The molecule has 0 amide bonds. The Morgan fingerprint density at radius 1 is 0.893 bits per heavy atom. The largest absolute Gasteiger partial charge is 0.430 e. The Morgan fingerprint density at radius 2 is 1.54 bits per heavy atom. The highest BCUT2D eigenvalue weighted by Crippen LogP contribution is 2.50. The molecule has 2 aromatic carbocycles. The summed E-state index contributed by atoms with van der Waals surface area (Å²) in [5, 5.41) is 9.74. The van der Waals surface area contributed by atoms with Gasteiger partial charge in [0.05, 0.1) is 0 Å². The van der Waals surface area contributed by atoms with Gasteiger partial charge in [0.2, 0.25) is 0 Å². The van der Waals surface area contributed by atoms with E-state index in [1.165, 1.54) is 12.1 Å². The zero-order valence-electron chi connectivity index (χ0n) is 14.8. The van der Waals surface area contributed by atoms with Crippen molar-refractivity contribution < 1.29 is 31.4 Å². The summed E-state index contributed by atoms with van der Waals surface area (Å²) in [6.45, 7) is 2.47. The first kappa shape index (κ1) is 20.3. The number of alkyl halides is 6. The fourth-order valence-electron chi connectivity index (χ4n) is 3.24. The monoisotopic (exact) mass is 401 g/mol. The number of nitrogens with zero attached hydrogens (tertiary/aromatic N) is 1. The van der Waals surface area contributed by atoms with Crippen LogP contribution in [0.25, 0.3) is 10.9 Å². The topological polar surface area (TPSA) is 25.2 Å². The van der Waals surface area contributed by atoms with Crippen molar-refractivity contribution in [2.75, 3.05) is 0 Å². The maximum atomic E-state index is 13.1. The number of aliphatic hydroxyl groups is 1. The summed E-state index contributed by atoms with van der Waals surface area (Å²) in [4.78, 5) is 0. The first-order valence-corrected chi connectivity index (χ1v) is 8.45. The highest BCUT2D eigenvalue weighted by atomic mass is 19.4. The third kappa shape index (κ3) is 3.37. The predicted molar refractivity (Wildman–Crippen MR) is 92.8 cm³/mol. The summed E-state index contributed by atoms with van der Waals surface area (Å²) in [5.74, 6) is 0. The zero-order valence-corrected chi connectivity index (χ0v) is 14.8. The molecule has 28 heavy (non-hydrogen) atoms. The van der Waals surface area contributed by atoms with Crippen LogP contribution >= 0.6 is 0 Å². The van der Waals surface area contributed by atoms with Gasteiger partial charge in [-0.25, -0.2) is 0 Å². The lowest BCUT2D eigenvalue weighted by molar-refractivity contribution is -0.376. The van der Waals surface area contributed by atoms with Crippen LogP contribution in [-0.2, 0) is 18.6 Å². The minimum Gasteiger partial charge on any atom is -0.369 e. The van der Waals surface area contributed by atoms with E-state index < -0.39 is 23.5 Å². The van der Waals surface area contributed by atoms with E-state index in [1.807, 2.05) is 31.2 Å². The lowest BCUT2D eigenvalue weighted by atomic mass is 9.91. The third-order valence-corrected chi connectivity index (χ3v) is 4.89. The predicted octanol–water partition coefficient (Wildman–Crippen LogP) is 5.50. The van der Waals surface area contributed by atoms with Gasteiger partial charge >= 0.3 is 12.4 Å². The second-order valence-corrected chi connectivity index (χ2v) is 6.67. The Balaban J connectivity index is 1.95. The smallest absolute Gasteiger partial charge is 0.369 e. The van der Waals surface area contributed by atoms with E-state index in [9.17, 15) is 31.4 Å². The molecule has 1 N–H and O–H groups in total. The van der Waals surface area contributed by atoms with E-state index in [0.717, 1.165) is 17.2 Å². The Bertz CT molecular complexity index is 972. The van der Waals surface area contributed by atoms with Crippen LogP contribution in [0.1, 0.15) is 16.7 Å². The first-order chi connectivity index (χ1) is 12.9. The van der Waals surface area contributed by atoms with Gasteiger partial charge < -0.3 is 9.67 Å². The van der Waals surface area contributed by atoms with Crippen LogP contribution < -0.4 is 0 Å². The summed E-state index contributed by atoms with van der Waals surface area (Å²) < 4.78 is 80.1. The lowest BCUT2D eigenvalue weighted by Crippen LogP contribution is -2.53. The van der Waals surface area contributed by atoms with Crippen LogP contribution in [-0.4, -0.2) is 22.0 Å². The number of hydrogen-bond acceptors (Lipinski definition) is 1. The van der Waals surface area contributed by atoms with E-state index >= 15 is 0 Å². The molecule has 0 radical (unpaired) electrons. The zero-order chi connectivity index (χ0) is 20.7. The molecule has 0 atom stereocenters. The van der Waals surface area contributed by atoms with Crippen molar-refractivity contribution in [2.45, 2.75) is 37.8 Å². The van der Waals surface area contributed by atoms with E-state index in [0.29, 0.717) is 24.5 Å². The Hall–Kier alpha value is -2.48. The fraction of sp³-hybridized carbons (Fsp3) is 0.300. The summed E-state index contributed by atoms with van der Waals surface area (Å²) in [6, 6.07) is 11.8. The van der Waals surface area contributed by atoms with Crippen LogP contribution in [0.5, 0.6) is 0 Å². The minimum atomic E-state index is -5.90. The summed E-state index contributed by atoms with van der Waals surface area (Å²) in [5.41, 5.74) is -3.48. The van der Waals surface area contributed by atoms with Gasteiger partial charge in [-0.1, -0.05) is 30.3 Å². The van der Waals surface area contributed by atoms with Crippen LogP contribution in [0.3, 0.4) is 0 Å². The lowest BCUT2D eigenvalue weighted by Gasteiger charge is -2.32. The number of aryl methyl sites for hydroxylation is 3. The molecule has 150 valence electrons. The Morgan fingerprint density at radius 3 is 2.14 bits per heavy atom. The normalized spacial score (nSPS) is 13.3. The number of rotatable bonds is 4. The van der Waals surface area contributed by atoms with Gasteiger partial charge in [0.1, 0.15) is 0 Å². The Kier molecular flexibility index (Phi) is 4.95. The van der Waals surface area contributed by atoms with Crippen LogP contribution in [0, 0.1) is 6.92 Å². The van der Waals surface area contributed by atoms with Crippen molar-refractivity contribution in [1.29, 1.82) is 0 Å². The van der Waals surface area contributed by atoms with Crippen molar-refractivity contribution in [1.82, 2.24) is 4.57 Å². The Labute approximate surface area is 157 Å². The molecule has 3 aromatic rings. The molecule has 0 bridgehead atoms. The van der Waals surface area contributed by atoms with Gasteiger partial charge in [-0.2, -0.15) is 26.3 Å². The molecule has 0 unspecified atom stereocenters. The number of benzene rings is 2. The molecule has 2 nitrogen and oxygen atoms in total. The SMILES string of the molecule is Cc1ccccc1CCn1ccc2cc(C(O)(C(F)(F)F)C(F)(F)F)ccc21. The fourth-order valence-corrected chi connectivity index (χ4v) is 3.24. The second kappa shape index (κ2) is 6.84. The van der Waals surface area contributed by atoms with Crippen molar-refractivity contribution >= 4 is 10.9 Å². The van der Waals surface area contributed by atoms with Gasteiger partial charge in [-0.15, -0.1) is 0 Å². The average molecular weight is 401 g/mol. The van der Waals surface area contributed by atoms with Crippen LogP contribution in [0.2, 0.25) is 0 Å². The maximum absolute atomic E-state index is 13.1. The minimum absolute atomic E-state index is 0.189. The van der Waals surface area contributed by atoms with Crippen molar-refractivity contribution in [3.8, 4) is 0 Å². The molecule has 1 aromatic heterocycles. The molecule has 0 fully saturated rings. The van der Waals surface area contributed by atoms with Crippen LogP contribution in [0.4, 0.5) is 26.3 Å². The summed E-state index contributed by atoms with van der Waals surface area (Å²) >= 11 is 0. The van der Waals surface area contributed by atoms with Gasteiger partial charge in [0, 0.05) is 23.8 Å². The number of halogens is 6. The highest BCUT2D eigenvalue weighted by molar-refractivity contribution is 5.81. The summed E-state index contributed by atoms with van der Waals surface area (Å²) in [6.07, 6.45) is -9.53.